The highest BCUT2D eigenvalue weighted by atomic mass is 35.5. The van der Waals surface area contributed by atoms with Gasteiger partial charge in [-0.05, 0) is 43.3 Å². The summed E-state index contributed by atoms with van der Waals surface area (Å²) in [5, 5.41) is 3.33. The Labute approximate surface area is 170 Å². The fourth-order valence-corrected chi connectivity index (χ4v) is 3.40. The number of nitrogens with zero attached hydrogens (tertiary/aromatic N) is 2. The maximum absolute atomic E-state index is 12.7. The van der Waals surface area contributed by atoms with E-state index in [-0.39, 0.29) is 11.8 Å². The molecule has 0 aromatic heterocycles. The van der Waals surface area contributed by atoms with Gasteiger partial charge in [0, 0.05) is 36.8 Å². The van der Waals surface area contributed by atoms with E-state index < -0.39 is 6.04 Å². The van der Waals surface area contributed by atoms with Gasteiger partial charge in [0.2, 0.25) is 5.91 Å². The van der Waals surface area contributed by atoms with Gasteiger partial charge in [0.05, 0.1) is 12.8 Å². The summed E-state index contributed by atoms with van der Waals surface area (Å²) in [6, 6.07) is 13.9. The van der Waals surface area contributed by atoms with Crippen molar-refractivity contribution in [1.82, 2.24) is 10.2 Å². The number of carbonyl (C=O) groups excluding carboxylic acids is 2. The molecule has 7 heteroatoms. The summed E-state index contributed by atoms with van der Waals surface area (Å²) in [5.74, 6) is 0.457. The molecule has 1 N–H and O–H groups in total. The van der Waals surface area contributed by atoms with E-state index in [1.54, 1.807) is 43.2 Å². The fourth-order valence-electron chi connectivity index (χ4n) is 3.28. The van der Waals surface area contributed by atoms with Crippen molar-refractivity contribution in [2.75, 3.05) is 38.2 Å². The molecular formula is C21H24ClN3O3. The molecular weight excluding hydrogens is 378 g/mol. The van der Waals surface area contributed by atoms with Crippen molar-refractivity contribution in [3.8, 4) is 5.75 Å². The van der Waals surface area contributed by atoms with Crippen molar-refractivity contribution in [2.45, 2.75) is 13.0 Å². The molecule has 28 heavy (non-hydrogen) atoms. The number of halogens is 1. The fraction of sp³-hybridized carbons (Fsp3) is 0.333. The normalized spacial score (nSPS) is 15.1. The topological polar surface area (TPSA) is 61.9 Å². The minimum atomic E-state index is -0.596. The van der Waals surface area contributed by atoms with Crippen LogP contribution in [0, 0.1) is 0 Å². The number of nitrogens with one attached hydrogen (secondary N) is 1. The van der Waals surface area contributed by atoms with Crippen molar-refractivity contribution in [1.29, 1.82) is 0 Å². The Hall–Kier alpha value is -2.73. The standard InChI is InChI=1S/C21H24ClN3O3/c1-15(23-20(26)16-7-9-17(22)10-8-16)21(27)25-13-11-24(12-14-25)18-5-3-4-6-19(18)28-2/h3-10,15H,11-14H2,1-2H3,(H,23,26). The quantitative estimate of drug-likeness (QED) is 0.836. The molecule has 0 bridgehead atoms. The van der Waals surface area contributed by atoms with Gasteiger partial charge in [0.25, 0.3) is 5.91 Å². The minimum Gasteiger partial charge on any atom is -0.495 e. The van der Waals surface area contributed by atoms with Gasteiger partial charge in [0.15, 0.2) is 0 Å². The Bertz CT molecular complexity index is 833. The summed E-state index contributed by atoms with van der Waals surface area (Å²) in [6.07, 6.45) is 0. The van der Waals surface area contributed by atoms with Crippen LogP contribution in [0.25, 0.3) is 0 Å². The van der Waals surface area contributed by atoms with E-state index in [0.29, 0.717) is 36.8 Å². The molecule has 3 rings (SSSR count). The second-order valence-electron chi connectivity index (χ2n) is 6.69. The number of anilines is 1. The number of hydrogen-bond acceptors (Lipinski definition) is 4. The Balaban J connectivity index is 1.55. The first kappa shape index (κ1) is 20.0. The van der Waals surface area contributed by atoms with Gasteiger partial charge in [-0.1, -0.05) is 23.7 Å². The number of piperazine rings is 1. The van der Waals surface area contributed by atoms with Crippen LogP contribution in [-0.4, -0.2) is 56.0 Å². The summed E-state index contributed by atoms with van der Waals surface area (Å²) in [7, 11) is 1.66. The third kappa shape index (κ3) is 4.57. The lowest BCUT2D eigenvalue weighted by Gasteiger charge is -2.37. The predicted octanol–water partition coefficient (Wildman–Crippen LogP) is 2.82. The van der Waals surface area contributed by atoms with E-state index in [9.17, 15) is 9.59 Å². The average molecular weight is 402 g/mol. The van der Waals surface area contributed by atoms with Gasteiger partial charge in [-0.25, -0.2) is 0 Å². The van der Waals surface area contributed by atoms with E-state index in [2.05, 4.69) is 10.2 Å². The van der Waals surface area contributed by atoms with Gasteiger partial charge in [-0.3, -0.25) is 9.59 Å². The lowest BCUT2D eigenvalue weighted by molar-refractivity contribution is -0.133. The van der Waals surface area contributed by atoms with Crippen LogP contribution < -0.4 is 15.0 Å². The molecule has 0 saturated carbocycles. The summed E-state index contributed by atoms with van der Waals surface area (Å²) in [5.41, 5.74) is 1.51. The van der Waals surface area contributed by atoms with Gasteiger partial charge in [-0.2, -0.15) is 0 Å². The third-order valence-corrected chi connectivity index (χ3v) is 5.09. The van der Waals surface area contributed by atoms with Crippen LogP contribution in [0.4, 0.5) is 5.69 Å². The average Bonchev–Trinajstić information content (AvgIpc) is 2.73. The van der Waals surface area contributed by atoms with Crippen molar-refractivity contribution in [3.05, 3.63) is 59.1 Å². The van der Waals surface area contributed by atoms with Crippen LogP contribution in [0.2, 0.25) is 5.02 Å². The SMILES string of the molecule is COc1ccccc1N1CCN(C(=O)C(C)NC(=O)c2ccc(Cl)cc2)CC1. The van der Waals surface area contributed by atoms with Gasteiger partial charge in [0.1, 0.15) is 11.8 Å². The highest BCUT2D eigenvalue weighted by molar-refractivity contribution is 6.30. The van der Waals surface area contributed by atoms with E-state index >= 15 is 0 Å². The Morgan fingerprint density at radius 2 is 1.68 bits per heavy atom. The molecule has 2 amide bonds. The number of benzene rings is 2. The Morgan fingerprint density at radius 3 is 2.32 bits per heavy atom. The van der Waals surface area contributed by atoms with Crippen LogP contribution in [-0.2, 0) is 4.79 Å². The second-order valence-corrected chi connectivity index (χ2v) is 7.12. The zero-order valence-electron chi connectivity index (χ0n) is 16.0. The molecule has 0 radical (unpaired) electrons. The number of carbonyl (C=O) groups is 2. The number of amides is 2. The zero-order chi connectivity index (χ0) is 20.1. The van der Waals surface area contributed by atoms with Crippen LogP contribution in [0.15, 0.2) is 48.5 Å². The first-order valence-corrected chi connectivity index (χ1v) is 9.60. The first-order chi connectivity index (χ1) is 13.5. The van der Waals surface area contributed by atoms with E-state index in [1.165, 1.54) is 0 Å². The molecule has 2 aromatic rings. The monoisotopic (exact) mass is 401 g/mol. The zero-order valence-corrected chi connectivity index (χ0v) is 16.8. The lowest BCUT2D eigenvalue weighted by Crippen LogP contribution is -2.54. The van der Waals surface area contributed by atoms with Crippen molar-refractivity contribution >= 4 is 29.1 Å². The van der Waals surface area contributed by atoms with Crippen molar-refractivity contribution < 1.29 is 14.3 Å². The summed E-state index contributed by atoms with van der Waals surface area (Å²) in [6.45, 7) is 4.33. The molecule has 0 aliphatic carbocycles. The molecule has 148 valence electrons. The minimum absolute atomic E-state index is 0.0815. The summed E-state index contributed by atoms with van der Waals surface area (Å²) in [4.78, 5) is 29.0. The van der Waals surface area contributed by atoms with Crippen LogP contribution in [0.3, 0.4) is 0 Å². The second kappa shape index (κ2) is 8.97. The maximum atomic E-state index is 12.7. The summed E-state index contributed by atoms with van der Waals surface area (Å²) < 4.78 is 5.43. The van der Waals surface area contributed by atoms with Crippen molar-refractivity contribution in [3.63, 3.8) is 0 Å². The predicted molar refractivity (Wildman–Crippen MR) is 110 cm³/mol. The smallest absolute Gasteiger partial charge is 0.251 e. The molecule has 1 fully saturated rings. The van der Waals surface area contributed by atoms with Crippen LogP contribution in [0.1, 0.15) is 17.3 Å². The van der Waals surface area contributed by atoms with E-state index in [4.69, 9.17) is 16.3 Å². The van der Waals surface area contributed by atoms with E-state index in [1.807, 2.05) is 24.3 Å². The van der Waals surface area contributed by atoms with Crippen molar-refractivity contribution in [2.24, 2.45) is 0 Å². The van der Waals surface area contributed by atoms with E-state index in [0.717, 1.165) is 11.4 Å². The number of methoxy groups -OCH3 is 1. The van der Waals surface area contributed by atoms with Gasteiger partial charge >= 0.3 is 0 Å². The van der Waals surface area contributed by atoms with Gasteiger partial charge in [-0.15, -0.1) is 0 Å². The highest BCUT2D eigenvalue weighted by Crippen LogP contribution is 2.28. The molecule has 0 spiro atoms. The number of para-hydroxylation sites is 2. The third-order valence-electron chi connectivity index (χ3n) is 4.84. The Morgan fingerprint density at radius 1 is 1.04 bits per heavy atom. The molecule has 2 aromatic carbocycles. The van der Waals surface area contributed by atoms with Gasteiger partial charge < -0.3 is 19.9 Å². The highest BCUT2D eigenvalue weighted by Gasteiger charge is 2.27. The largest absolute Gasteiger partial charge is 0.495 e. The molecule has 1 aliphatic rings. The number of hydrogen-bond donors (Lipinski definition) is 1. The first-order valence-electron chi connectivity index (χ1n) is 9.23. The molecule has 1 heterocycles. The molecule has 1 saturated heterocycles. The lowest BCUT2D eigenvalue weighted by atomic mass is 10.1. The maximum Gasteiger partial charge on any atom is 0.251 e. The summed E-state index contributed by atoms with van der Waals surface area (Å²) >= 11 is 5.84. The molecule has 1 aliphatic heterocycles. The molecule has 1 unspecified atom stereocenters. The number of ether oxygens (including phenoxy) is 1. The molecule has 1 atom stereocenters. The number of rotatable bonds is 5. The Kier molecular flexibility index (Phi) is 6.41. The van der Waals surface area contributed by atoms with Crippen LogP contribution >= 0.6 is 11.6 Å². The van der Waals surface area contributed by atoms with Crippen LogP contribution in [0.5, 0.6) is 5.75 Å². The molecule has 6 nitrogen and oxygen atoms in total.